The van der Waals surface area contributed by atoms with Crippen LogP contribution in [0.5, 0.6) is 0 Å². The molecule has 2 rings (SSSR count). The third-order valence-electron chi connectivity index (χ3n) is 2.50. The molecule has 0 fully saturated rings. The summed E-state index contributed by atoms with van der Waals surface area (Å²) in [6.07, 6.45) is 0. The molecular weight excluding hydrogens is 266 g/mol. The summed E-state index contributed by atoms with van der Waals surface area (Å²) >= 11 is 0. The van der Waals surface area contributed by atoms with E-state index in [9.17, 15) is 18.4 Å². The van der Waals surface area contributed by atoms with Gasteiger partial charge in [-0.1, -0.05) is 0 Å². The van der Waals surface area contributed by atoms with E-state index in [1.54, 1.807) is 0 Å². The lowest BCUT2D eigenvalue weighted by molar-refractivity contribution is 0.0846. The van der Waals surface area contributed by atoms with Gasteiger partial charge in [-0.15, -0.1) is 0 Å². The van der Waals surface area contributed by atoms with Crippen molar-refractivity contribution in [2.45, 2.75) is 0 Å². The Kier molecular flexibility index (Phi) is 4.05. The van der Waals surface area contributed by atoms with Crippen molar-refractivity contribution < 1.29 is 18.4 Å². The third kappa shape index (κ3) is 3.38. The fourth-order valence-electron chi connectivity index (χ4n) is 1.46. The van der Waals surface area contributed by atoms with E-state index < -0.39 is 23.4 Å². The Labute approximate surface area is 113 Å². The number of amides is 2. The second kappa shape index (κ2) is 5.92. The van der Waals surface area contributed by atoms with E-state index in [1.807, 2.05) is 0 Å². The highest BCUT2D eigenvalue weighted by atomic mass is 19.1. The van der Waals surface area contributed by atoms with Gasteiger partial charge < -0.3 is 0 Å². The number of nitrogens with one attached hydrogen (secondary N) is 2. The van der Waals surface area contributed by atoms with Gasteiger partial charge in [0.05, 0.1) is 0 Å². The first-order valence-corrected chi connectivity index (χ1v) is 5.68. The first-order valence-electron chi connectivity index (χ1n) is 5.68. The fourth-order valence-corrected chi connectivity index (χ4v) is 1.46. The minimum Gasteiger partial charge on any atom is -0.267 e. The average Bonchev–Trinajstić information content (AvgIpc) is 2.46. The molecule has 0 saturated heterocycles. The number of carbonyl (C=O) groups is 2. The molecule has 0 unspecified atom stereocenters. The highest BCUT2D eigenvalue weighted by Gasteiger charge is 2.09. The normalized spacial score (nSPS) is 9.90. The lowest BCUT2D eigenvalue weighted by Crippen LogP contribution is -2.41. The van der Waals surface area contributed by atoms with E-state index in [0.29, 0.717) is 0 Å². The highest BCUT2D eigenvalue weighted by Crippen LogP contribution is 2.03. The molecule has 2 aromatic rings. The van der Waals surface area contributed by atoms with Gasteiger partial charge in [-0.05, 0) is 48.5 Å². The number of benzene rings is 2. The summed E-state index contributed by atoms with van der Waals surface area (Å²) in [5, 5.41) is 0. The molecule has 0 heterocycles. The maximum absolute atomic E-state index is 12.7. The standard InChI is InChI=1S/C14H10F2N2O2/c15-11-5-1-9(2-6-11)13(19)17-18-14(20)10-3-7-12(16)8-4-10/h1-8H,(H,17,19)(H,18,20). The largest absolute Gasteiger partial charge is 0.269 e. The van der Waals surface area contributed by atoms with E-state index in [-0.39, 0.29) is 11.1 Å². The van der Waals surface area contributed by atoms with Crippen LogP contribution in [0, 0.1) is 11.6 Å². The smallest absolute Gasteiger partial charge is 0.267 e. The van der Waals surface area contributed by atoms with E-state index in [4.69, 9.17) is 0 Å². The maximum Gasteiger partial charge on any atom is 0.269 e. The number of halogens is 2. The lowest BCUT2D eigenvalue weighted by Gasteiger charge is -2.07. The molecule has 20 heavy (non-hydrogen) atoms. The van der Waals surface area contributed by atoms with Crippen LogP contribution in [0.2, 0.25) is 0 Å². The molecule has 2 aromatic carbocycles. The van der Waals surface area contributed by atoms with Gasteiger partial charge in [-0.25, -0.2) is 8.78 Å². The van der Waals surface area contributed by atoms with Gasteiger partial charge >= 0.3 is 0 Å². The molecule has 0 aliphatic heterocycles. The molecule has 0 aliphatic carbocycles. The van der Waals surface area contributed by atoms with Crippen LogP contribution in [0.3, 0.4) is 0 Å². The van der Waals surface area contributed by atoms with E-state index in [1.165, 1.54) is 24.3 Å². The van der Waals surface area contributed by atoms with Crippen molar-refractivity contribution in [1.82, 2.24) is 10.9 Å². The monoisotopic (exact) mass is 276 g/mol. The van der Waals surface area contributed by atoms with Gasteiger partial charge in [0.15, 0.2) is 0 Å². The Morgan fingerprint density at radius 1 is 0.650 bits per heavy atom. The topological polar surface area (TPSA) is 58.2 Å². The Morgan fingerprint density at radius 3 is 1.25 bits per heavy atom. The minimum absolute atomic E-state index is 0.200. The van der Waals surface area contributed by atoms with Gasteiger partial charge in [0.25, 0.3) is 11.8 Å². The van der Waals surface area contributed by atoms with Crippen molar-refractivity contribution in [2.24, 2.45) is 0 Å². The molecule has 4 nitrogen and oxygen atoms in total. The van der Waals surface area contributed by atoms with Crippen LogP contribution in [-0.2, 0) is 0 Å². The average molecular weight is 276 g/mol. The van der Waals surface area contributed by atoms with E-state index in [0.717, 1.165) is 24.3 Å². The second-order valence-electron chi connectivity index (χ2n) is 3.92. The van der Waals surface area contributed by atoms with Crippen LogP contribution in [0.1, 0.15) is 20.7 Å². The first-order chi connectivity index (χ1) is 9.56. The molecule has 2 N–H and O–H groups in total. The summed E-state index contributed by atoms with van der Waals surface area (Å²) in [6.45, 7) is 0. The Bertz CT molecular complexity index is 567. The Hall–Kier alpha value is -2.76. The number of hydrogen-bond acceptors (Lipinski definition) is 2. The van der Waals surface area contributed by atoms with Crippen LogP contribution < -0.4 is 10.9 Å². The molecular formula is C14H10F2N2O2. The second-order valence-corrected chi connectivity index (χ2v) is 3.92. The van der Waals surface area contributed by atoms with Crippen LogP contribution in [0.25, 0.3) is 0 Å². The predicted octanol–water partition coefficient (Wildman–Crippen LogP) is 2.04. The molecule has 0 saturated carbocycles. The summed E-state index contributed by atoms with van der Waals surface area (Å²) < 4.78 is 25.4. The van der Waals surface area contributed by atoms with Gasteiger partial charge in [-0.3, -0.25) is 20.4 Å². The minimum atomic E-state index is -0.583. The van der Waals surface area contributed by atoms with Gasteiger partial charge in [-0.2, -0.15) is 0 Å². The molecule has 2 amide bonds. The zero-order valence-electron chi connectivity index (χ0n) is 10.2. The maximum atomic E-state index is 12.7. The quantitative estimate of drug-likeness (QED) is 0.825. The molecule has 0 spiro atoms. The summed E-state index contributed by atoms with van der Waals surface area (Å²) in [5.74, 6) is -2.09. The third-order valence-corrected chi connectivity index (χ3v) is 2.50. The lowest BCUT2D eigenvalue weighted by atomic mass is 10.2. The van der Waals surface area contributed by atoms with Gasteiger partial charge in [0, 0.05) is 11.1 Å². The predicted molar refractivity (Wildman–Crippen MR) is 67.7 cm³/mol. The van der Waals surface area contributed by atoms with Gasteiger partial charge in [0.2, 0.25) is 0 Å². The van der Waals surface area contributed by atoms with Crippen molar-refractivity contribution in [1.29, 1.82) is 0 Å². The molecule has 102 valence electrons. The van der Waals surface area contributed by atoms with Crippen LogP contribution in [0.15, 0.2) is 48.5 Å². The highest BCUT2D eigenvalue weighted by molar-refractivity contribution is 5.98. The summed E-state index contributed by atoms with van der Waals surface area (Å²) in [4.78, 5) is 23.3. The first kappa shape index (κ1) is 13.7. The van der Waals surface area contributed by atoms with Crippen molar-refractivity contribution in [3.8, 4) is 0 Å². The van der Waals surface area contributed by atoms with E-state index in [2.05, 4.69) is 10.9 Å². The molecule has 0 aromatic heterocycles. The number of hydrogen-bond donors (Lipinski definition) is 2. The van der Waals surface area contributed by atoms with Crippen molar-refractivity contribution in [3.05, 3.63) is 71.3 Å². The number of rotatable bonds is 2. The molecule has 6 heteroatoms. The van der Waals surface area contributed by atoms with Crippen LogP contribution in [-0.4, -0.2) is 11.8 Å². The summed E-state index contributed by atoms with van der Waals surface area (Å²) in [5.41, 5.74) is 4.75. The Balaban J connectivity index is 1.94. The summed E-state index contributed by atoms with van der Waals surface area (Å²) in [7, 11) is 0. The molecule has 0 radical (unpaired) electrons. The van der Waals surface area contributed by atoms with Crippen molar-refractivity contribution in [2.75, 3.05) is 0 Å². The SMILES string of the molecule is O=C(NNC(=O)c1ccc(F)cc1)c1ccc(F)cc1. The van der Waals surface area contributed by atoms with Crippen molar-refractivity contribution in [3.63, 3.8) is 0 Å². The van der Waals surface area contributed by atoms with Crippen molar-refractivity contribution >= 4 is 11.8 Å². The number of hydrazine groups is 1. The van der Waals surface area contributed by atoms with Gasteiger partial charge in [0.1, 0.15) is 11.6 Å². The molecule has 0 bridgehead atoms. The fraction of sp³-hybridized carbons (Fsp3) is 0. The van der Waals surface area contributed by atoms with Crippen LogP contribution >= 0.6 is 0 Å². The molecule has 0 atom stereocenters. The van der Waals surface area contributed by atoms with E-state index >= 15 is 0 Å². The summed E-state index contributed by atoms with van der Waals surface area (Å²) in [6, 6.07) is 9.69. The zero-order valence-corrected chi connectivity index (χ0v) is 10.2. The Morgan fingerprint density at radius 2 is 0.950 bits per heavy atom. The number of carbonyl (C=O) groups excluding carboxylic acids is 2. The van der Waals surface area contributed by atoms with Crippen LogP contribution in [0.4, 0.5) is 8.78 Å². The zero-order chi connectivity index (χ0) is 14.5. The molecule has 0 aliphatic rings.